The van der Waals surface area contributed by atoms with Crippen molar-refractivity contribution in [1.82, 2.24) is 10.6 Å². The van der Waals surface area contributed by atoms with Crippen LogP contribution in [0.15, 0.2) is 24.3 Å². The quantitative estimate of drug-likeness (QED) is 0.817. The molecular weight excluding hydrogens is 361 g/mol. The summed E-state index contributed by atoms with van der Waals surface area (Å²) in [5, 5.41) is 5.58. The first-order valence-corrected chi connectivity index (χ1v) is 9.28. The number of hydrogen-bond acceptors (Lipinski definition) is 3. The lowest BCUT2D eigenvalue weighted by Gasteiger charge is -2.31. The molecule has 2 fully saturated rings. The second kappa shape index (κ2) is 8.48. The summed E-state index contributed by atoms with van der Waals surface area (Å²) in [6.45, 7) is 2.15. The maximum atomic E-state index is 13.1. The van der Waals surface area contributed by atoms with Gasteiger partial charge in [-0.25, -0.2) is 4.79 Å². The van der Waals surface area contributed by atoms with Gasteiger partial charge in [0, 0.05) is 18.5 Å². The van der Waals surface area contributed by atoms with Crippen LogP contribution in [0.1, 0.15) is 36.8 Å². The zero-order chi connectivity index (χ0) is 19.3. The van der Waals surface area contributed by atoms with Crippen molar-refractivity contribution in [2.24, 2.45) is 0 Å². The minimum Gasteiger partial charge on any atom is -0.376 e. The lowest BCUT2D eigenvalue weighted by Crippen LogP contribution is -2.47. The number of ether oxygens (including phenoxy) is 2. The molecule has 1 aromatic rings. The van der Waals surface area contributed by atoms with Gasteiger partial charge in [0.2, 0.25) is 0 Å². The highest BCUT2D eigenvalue weighted by atomic mass is 19.4. The van der Waals surface area contributed by atoms with Crippen LogP contribution in [0.5, 0.6) is 0 Å². The molecule has 0 unspecified atom stereocenters. The Labute approximate surface area is 156 Å². The summed E-state index contributed by atoms with van der Waals surface area (Å²) in [5.74, 6) is 0. The van der Waals surface area contributed by atoms with Crippen LogP contribution >= 0.6 is 0 Å². The number of amides is 2. The highest BCUT2D eigenvalue weighted by molar-refractivity contribution is 5.74. The maximum Gasteiger partial charge on any atom is 0.416 e. The van der Waals surface area contributed by atoms with Crippen LogP contribution in [0, 0.1) is 0 Å². The van der Waals surface area contributed by atoms with Gasteiger partial charge < -0.3 is 20.1 Å². The molecule has 0 spiro atoms. The average molecular weight is 386 g/mol. The summed E-state index contributed by atoms with van der Waals surface area (Å²) in [5.41, 5.74) is -0.465. The van der Waals surface area contributed by atoms with Crippen LogP contribution in [0.25, 0.3) is 0 Å². The molecule has 2 aliphatic rings. The number of benzene rings is 1. The summed E-state index contributed by atoms with van der Waals surface area (Å²) >= 11 is 0. The Balaban J connectivity index is 1.61. The lowest BCUT2D eigenvalue weighted by molar-refractivity contribution is -0.137. The van der Waals surface area contributed by atoms with E-state index >= 15 is 0 Å². The van der Waals surface area contributed by atoms with Crippen LogP contribution in [-0.2, 0) is 21.1 Å². The number of alkyl halides is 3. The van der Waals surface area contributed by atoms with Crippen molar-refractivity contribution in [2.45, 2.75) is 43.4 Å². The van der Waals surface area contributed by atoms with Gasteiger partial charge in [-0.3, -0.25) is 0 Å². The fourth-order valence-electron chi connectivity index (χ4n) is 3.82. The van der Waals surface area contributed by atoms with Crippen LogP contribution in [-0.4, -0.2) is 45.0 Å². The van der Waals surface area contributed by atoms with Crippen LogP contribution in [0.2, 0.25) is 0 Å². The molecule has 1 aromatic carbocycles. The second-order valence-corrected chi connectivity index (χ2v) is 7.20. The number of urea groups is 1. The van der Waals surface area contributed by atoms with Gasteiger partial charge in [-0.1, -0.05) is 31.0 Å². The lowest BCUT2D eigenvalue weighted by atomic mass is 9.78. The Hall–Kier alpha value is -1.80. The molecule has 1 saturated carbocycles. The molecule has 5 nitrogen and oxygen atoms in total. The normalized spacial score (nSPS) is 22.4. The van der Waals surface area contributed by atoms with Crippen LogP contribution in [0.3, 0.4) is 0 Å². The largest absolute Gasteiger partial charge is 0.416 e. The zero-order valence-electron chi connectivity index (χ0n) is 15.1. The number of halogens is 3. The van der Waals surface area contributed by atoms with Crippen molar-refractivity contribution in [1.29, 1.82) is 0 Å². The maximum absolute atomic E-state index is 13.1. The zero-order valence-corrected chi connectivity index (χ0v) is 15.1. The molecule has 3 rings (SSSR count). The number of carbonyl (C=O) groups is 1. The fourth-order valence-corrected chi connectivity index (χ4v) is 3.82. The number of hydrogen-bond donors (Lipinski definition) is 2. The minimum absolute atomic E-state index is 0.173. The Morgan fingerprint density at radius 1 is 1.19 bits per heavy atom. The molecule has 1 aliphatic heterocycles. The molecule has 1 aliphatic carbocycles. The molecule has 0 aromatic heterocycles. The molecule has 150 valence electrons. The van der Waals surface area contributed by atoms with E-state index < -0.39 is 17.2 Å². The molecule has 1 atom stereocenters. The van der Waals surface area contributed by atoms with Gasteiger partial charge in [0.25, 0.3) is 0 Å². The molecule has 2 N–H and O–H groups in total. The van der Waals surface area contributed by atoms with E-state index in [0.29, 0.717) is 38.5 Å². The standard InChI is InChI=1S/C19H25F3N2O3/c20-19(21,22)15-5-3-4-14(10-15)18(6-1-2-7-18)13-24-17(25)23-11-16-12-26-8-9-27-16/h3-5,10,16H,1-2,6-9,11-13H2,(H2,23,24,25)/t16-/m0/s1. The van der Waals surface area contributed by atoms with E-state index in [1.165, 1.54) is 12.1 Å². The molecule has 2 amide bonds. The van der Waals surface area contributed by atoms with E-state index in [0.717, 1.165) is 31.7 Å². The molecule has 1 heterocycles. The molecule has 0 bridgehead atoms. The molecule has 0 radical (unpaired) electrons. The number of rotatable bonds is 5. The smallest absolute Gasteiger partial charge is 0.376 e. The van der Waals surface area contributed by atoms with Gasteiger partial charge in [-0.2, -0.15) is 13.2 Å². The van der Waals surface area contributed by atoms with Crippen molar-refractivity contribution >= 4 is 6.03 Å². The summed E-state index contributed by atoms with van der Waals surface area (Å²) in [7, 11) is 0. The summed E-state index contributed by atoms with van der Waals surface area (Å²) in [6.07, 6.45) is -1.15. The summed E-state index contributed by atoms with van der Waals surface area (Å²) < 4.78 is 50.0. The van der Waals surface area contributed by atoms with E-state index in [4.69, 9.17) is 9.47 Å². The van der Waals surface area contributed by atoms with Crippen molar-refractivity contribution in [3.8, 4) is 0 Å². The third kappa shape index (κ3) is 5.13. The second-order valence-electron chi connectivity index (χ2n) is 7.20. The third-order valence-corrected chi connectivity index (χ3v) is 5.33. The average Bonchev–Trinajstić information content (AvgIpc) is 3.15. The topological polar surface area (TPSA) is 59.6 Å². The Bertz CT molecular complexity index is 639. The predicted molar refractivity (Wildman–Crippen MR) is 93.6 cm³/mol. The van der Waals surface area contributed by atoms with Gasteiger partial charge in [0.1, 0.15) is 0 Å². The summed E-state index contributed by atoms with van der Waals surface area (Å²) in [6, 6.07) is 5.13. The van der Waals surface area contributed by atoms with Gasteiger partial charge in [-0.15, -0.1) is 0 Å². The number of nitrogens with one attached hydrogen (secondary N) is 2. The van der Waals surface area contributed by atoms with Crippen molar-refractivity contribution in [2.75, 3.05) is 32.9 Å². The van der Waals surface area contributed by atoms with E-state index in [1.807, 2.05) is 0 Å². The highest BCUT2D eigenvalue weighted by Gasteiger charge is 2.38. The Kier molecular flexibility index (Phi) is 6.26. The Morgan fingerprint density at radius 3 is 2.63 bits per heavy atom. The minimum atomic E-state index is -4.37. The van der Waals surface area contributed by atoms with E-state index in [2.05, 4.69) is 10.6 Å². The van der Waals surface area contributed by atoms with Gasteiger partial charge in [0.15, 0.2) is 0 Å². The van der Waals surface area contributed by atoms with Crippen molar-refractivity contribution < 1.29 is 27.4 Å². The Morgan fingerprint density at radius 2 is 1.96 bits per heavy atom. The fraction of sp³-hybridized carbons (Fsp3) is 0.632. The molecule has 8 heteroatoms. The molecule has 27 heavy (non-hydrogen) atoms. The number of carbonyl (C=O) groups excluding carboxylic acids is 1. The van der Waals surface area contributed by atoms with E-state index in [9.17, 15) is 18.0 Å². The third-order valence-electron chi connectivity index (χ3n) is 5.33. The van der Waals surface area contributed by atoms with Crippen LogP contribution < -0.4 is 10.6 Å². The van der Waals surface area contributed by atoms with Gasteiger partial charge in [0.05, 0.1) is 31.5 Å². The monoisotopic (exact) mass is 386 g/mol. The molecular formula is C19H25F3N2O3. The first-order chi connectivity index (χ1) is 12.9. The first-order valence-electron chi connectivity index (χ1n) is 9.28. The molecule has 1 saturated heterocycles. The summed E-state index contributed by atoms with van der Waals surface area (Å²) in [4.78, 5) is 12.1. The first kappa shape index (κ1) is 19.9. The highest BCUT2D eigenvalue weighted by Crippen LogP contribution is 2.42. The van der Waals surface area contributed by atoms with Crippen molar-refractivity contribution in [3.63, 3.8) is 0 Å². The SMILES string of the molecule is O=C(NC[C@H]1COCCO1)NCC1(c2cccc(C(F)(F)F)c2)CCCC1. The predicted octanol–water partition coefficient (Wildman–Crippen LogP) is 3.23. The van der Waals surface area contributed by atoms with Gasteiger partial charge >= 0.3 is 12.2 Å². The van der Waals surface area contributed by atoms with Crippen molar-refractivity contribution in [3.05, 3.63) is 35.4 Å². The van der Waals surface area contributed by atoms with Crippen LogP contribution in [0.4, 0.5) is 18.0 Å². The van der Waals surface area contributed by atoms with Gasteiger partial charge in [-0.05, 0) is 24.5 Å². The van der Waals surface area contributed by atoms with E-state index in [-0.39, 0.29) is 12.1 Å². The van der Waals surface area contributed by atoms with E-state index in [1.54, 1.807) is 6.07 Å².